The molecule has 4 fully saturated rings. The molecule has 4 saturated carbocycles. The van der Waals surface area contributed by atoms with E-state index in [0.717, 1.165) is 47.8 Å². The summed E-state index contributed by atoms with van der Waals surface area (Å²) in [7, 11) is 0. The molecular formula is C38H52. The molecule has 2 aromatic rings. The summed E-state index contributed by atoms with van der Waals surface area (Å²) in [6.07, 6.45) is 20.6. The Balaban J connectivity index is 1.51. The van der Waals surface area contributed by atoms with Crippen molar-refractivity contribution < 1.29 is 0 Å². The largest absolute Gasteiger partial charge is 0.103 e. The first-order chi connectivity index (χ1) is 18.6. The molecule has 6 atom stereocenters. The van der Waals surface area contributed by atoms with Crippen LogP contribution in [0.15, 0.2) is 73.3 Å². The number of rotatable bonds is 8. The van der Waals surface area contributed by atoms with Crippen molar-refractivity contribution in [2.75, 3.05) is 0 Å². The van der Waals surface area contributed by atoms with Gasteiger partial charge < -0.3 is 0 Å². The summed E-state index contributed by atoms with van der Waals surface area (Å²) in [5.74, 6) is 6.11. The summed E-state index contributed by atoms with van der Waals surface area (Å²) in [5, 5.41) is 0. The van der Waals surface area contributed by atoms with Crippen LogP contribution in [0.5, 0.6) is 0 Å². The number of hydrogen-bond donors (Lipinski definition) is 0. The Labute approximate surface area is 233 Å². The van der Waals surface area contributed by atoms with Crippen LogP contribution < -0.4 is 0 Å². The van der Waals surface area contributed by atoms with Gasteiger partial charge in [0, 0.05) is 5.41 Å². The summed E-state index contributed by atoms with van der Waals surface area (Å²) in [6.45, 7) is 9.16. The van der Waals surface area contributed by atoms with Crippen molar-refractivity contribution in [3.8, 4) is 0 Å². The first kappa shape index (κ1) is 26.4. The third kappa shape index (κ3) is 4.43. The lowest BCUT2D eigenvalue weighted by atomic mass is 9.52. The third-order valence-electron chi connectivity index (χ3n) is 12.4. The maximum Gasteiger partial charge on any atom is 0.0264 e. The summed E-state index contributed by atoms with van der Waals surface area (Å²) < 4.78 is 0. The minimum Gasteiger partial charge on any atom is -0.103 e. The van der Waals surface area contributed by atoms with Crippen LogP contribution in [-0.2, 0) is 5.41 Å². The molecule has 6 unspecified atom stereocenters. The highest BCUT2D eigenvalue weighted by atomic mass is 14.7. The van der Waals surface area contributed by atoms with Gasteiger partial charge in [0.15, 0.2) is 0 Å². The molecule has 204 valence electrons. The molecule has 0 spiro atoms. The second-order valence-corrected chi connectivity index (χ2v) is 14.4. The highest BCUT2D eigenvalue weighted by Crippen LogP contribution is 2.67. The van der Waals surface area contributed by atoms with Crippen molar-refractivity contribution in [2.24, 2.45) is 46.8 Å². The SMILES string of the molecule is C=CCCC(C)(C)C1CCC(C(c2ccccc2)(c2ccccc2)C2C3CCCCC3C3CCCCC32)C1. The zero-order valence-electron chi connectivity index (χ0n) is 24.3. The Morgan fingerprint density at radius 1 is 0.658 bits per heavy atom. The van der Waals surface area contributed by atoms with E-state index in [9.17, 15) is 0 Å². The van der Waals surface area contributed by atoms with Gasteiger partial charge in [0.25, 0.3) is 0 Å². The van der Waals surface area contributed by atoms with Crippen LogP contribution in [0, 0.1) is 46.8 Å². The molecule has 4 aliphatic rings. The molecule has 0 N–H and O–H groups in total. The van der Waals surface area contributed by atoms with Gasteiger partial charge >= 0.3 is 0 Å². The van der Waals surface area contributed by atoms with Crippen molar-refractivity contribution >= 4 is 0 Å². The molecule has 0 heteroatoms. The van der Waals surface area contributed by atoms with Gasteiger partial charge in [-0.15, -0.1) is 6.58 Å². The van der Waals surface area contributed by atoms with Crippen LogP contribution in [0.1, 0.15) is 108 Å². The standard InChI is InChI=1S/C38H52/c1-4-5-26-37(2,3)30-24-25-31(27-30)38(28-16-8-6-9-17-28,29-18-10-7-11-19-29)36-34-22-14-12-20-32(34)33-21-13-15-23-35(33)36/h4,6-11,16-19,30-36H,1,5,12-15,20-27H2,2-3H3. The number of fused-ring (bicyclic) bond motifs is 3. The topological polar surface area (TPSA) is 0 Å². The summed E-state index contributed by atoms with van der Waals surface area (Å²) >= 11 is 0. The van der Waals surface area contributed by atoms with Gasteiger partial charge in [-0.1, -0.05) is 106 Å². The van der Waals surface area contributed by atoms with Crippen molar-refractivity contribution in [1.29, 1.82) is 0 Å². The fourth-order valence-electron chi connectivity index (χ4n) is 10.8. The average Bonchev–Trinajstić information content (AvgIpc) is 3.59. The molecule has 0 aliphatic heterocycles. The van der Waals surface area contributed by atoms with Crippen molar-refractivity contribution in [3.05, 3.63) is 84.4 Å². The summed E-state index contributed by atoms with van der Waals surface area (Å²) in [4.78, 5) is 0. The number of hydrogen-bond acceptors (Lipinski definition) is 0. The van der Waals surface area contributed by atoms with E-state index >= 15 is 0 Å². The van der Waals surface area contributed by atoms with Crippen molar-refractivity contribution in [3.63, 3.8) is 0 Å². The first-order valence-corrected chi connectivity index (χ1v) is 16.3. The summed E-state index contributed by atoms with van der Waals surface area (Å²) in [5.41, 5.74) is 3.81. The minimum absolute atomic E-state index is 0.142. The van der Waals surface area contributed by atoms with Gasteiger partial charge in [-0.3, -0.25) is 0 Å². The number of allylic oxidation sites excluding steroid dienone is 1. The Bertz CT molecular complexity index is 986. The molecule has 0 nitrogen and oxygen atoms in total. The van der Waals surface area contributed by atoms with Crippen LogP contribution in [0.4, 0.5) is 0 Å². The van der Waals surface area contributed by atoms with Gasteiger partial charge in [0.2, 0.25) is 0 Å². The Hall–Kier alpha value is -1.82. The van der Waals surface area contributed by atoms with Gasteiger partial charge in [-0.25, -0.2) is 0 Å². The van der Waals surface area contributed by atoms with E-state index < -0.39 is 0 Å². The van der Waals surface area contributed by atoms with Crippen LogP contribution in [0.25, 0.3) is 0 Å². The van der Waals surface area contributed by atoms with E-state index in [2.05, 4.69) is 87.2 Å². The molecule has 0 heterocycles. The van der Waals surface area contributed by atoms with Gasteiger partial charge in [-0.2, -0.15) is 0 Å². The summed E-state index contributed by atoms with van der Waals surface area (Å²) in [6, 6.07) is 24.0. The maximum atomic E-state index is 4.05. The molecule has 6 rings (SSSR count). The van der Waals surface area contributed by atoms with E-state index in [1.54, 1.807) is 11.1 Å². The number of benzene rings is 2. The maximum absolute atomic E-state index is 4.05. The zero-order valence-corrected chi connectivity index (χ0v) is 24.3. The molecule has 0 saturated heterocycles. The zero-order chi connectivity index (χ0) is 26.2. The van der Waals surface area contributed by atoms with Crippen LogP contribution in [-0.4, -0.2) is 0 Å². The van der Waals surface area contributed by atoms with Crippen LogP contribution in [0.2, 0.25) is 0 Å². The molecule has 2 aromatic carbocycles. The molecular weight excluding hydrogens is 456 g/mol. The minimum atomic E-state index is 0.142. The Kier molecular flexibility index (Phi) is 7.63. The average molecular weight is 509 g/mol. The fourth-order valence-corrected chi connectivity index (χ4v) is 10.8. The lowest BCUT2D eigenvalue weighted by molar-refractivity contribution is 0.0892. The molecule has 4 aliphatic carbocycles. The Morgan fingerprint density at radius 3 is 1.63 bits per heavy atom. The van der Waals surface area contributed by atoms with Crippen molar-refractivity contribution in [1.82, 2.24) is 0 Å². The van der Waals surface area contributed by atoms with E-state index in [-0.39, 0.29) is 5.41 Å². The van der Waals surface area contributed by atoms with E-state index in [4.69, 9.17) is 0 Å². The Morgan fingerprint density at radius 2 is 1.13 bits per heavy atom. The lowest BCUT2D eigenvalue weighted by Gasteiger charge is -2.51. The van der Waals surface area contributed by atoms with Crippen LogP contribution >= 0.6 is 0 Å². The molecule has 0 amide bonds. The second kappa shape index (κ2) is 11.0. The van der Waals surface area contributed by atoms with Crippen molar-refractivity contribution in [2.45, 2.75) is 103 Å². The highest BCUT2D eigenvalue weighted by Gasteiger charge is 2.62. The highest BCUT2D eigenvalue weighted by molar-refractivity contribution is 5.43. The molecule has 0 bridgehead atoms. The van der Waals surface area contributed by atoms with E-state index in [1.165, 1.54) is 77.0 Å². The first-order valence-electron chi connectivity index (χ1n) is 16.3. The van der Waals surface area contributed by atoms with E-state index in [1.807, 2.05) is 0 Å². The molecule has 38 heavy (non-hydrogen) atoms. The predicted molar refractivity (Wildman–Crippen MR) is 162 cm³/mol. The second-order valence-electron chi connectivity index (χ2n) is 14.4. The van der Waals surface area contributed by atoms with Gasteiger partial charge in [0.1, 0.15) is 0 Å². The fraction of sp³-hybridized carbons (Fsp3) is 0.632. The lowest BCUT2D eigenvalue weighted by Crippen LogP contribution is -2.48. The predicted octanol–water partition coefficient (Wildman–Crippen LogP) is 10.6. The van der Waals surface area contributed by atoms with Gasteiger partial charge in [-0.05, 0) is 116 Å². The van der Waals surface area contributed by atoms with Crippen LogP contribution in [0.3, 0.4) is 0 Å². The normalized spacial score (nSPS) is 33.5. The monoisotopic (exact) mass is 508 g/mol. The molecule has 0 aromatic heterocycles. The smallest absolute Gasteiger partial charge is 0.0264 e. The third-order valence-corrected chi connectivity index (χ3v) is 12.4. The molecule has 0 radical (unpaired) electrons. The van der Waals surface area contributed by atoms with E-state index in [0.29, 0.717) is 5.41 Å². The van der Waals surface area contributed by atoms with Gasteiger partial charge in [0.05, 0.1) is 0 Å². The quantitative estimate of drug-likeness (QED) is 0.311.